The van der Waals surface area contributed by atoms with Crippen LogP contribution in [0.5, 0.6) is 0 Å². The summed E-state index contributed by atoms with van der Waals surface area (Å²) in [4.78, 5) is 22.3. The lowest BCUT2D eigenvalue weighted by molar-refractivity contribution is -0.142. The maximum Gasteiger partial charge on any atom is 0.305 e. The highest BCUT2D eigenvalue weighted by molar-refractivity contribution is 5.79. The molecule has 0 radical (unpaired) electrons. The minimum atomic E-state index is -0.126. The van der Waals surface area contributed by atoms with Crippen LogP contribution in [0.4, 0.5) is 0 Å². The van der Waals surface area contributed by atoms with Crippen molar-refractivity contribution in [3.63, 3.8) is 0 Å². The molecule has 1 saturated carbocycles. The predicted molar refractivity (Wildman–Crippen MR) is 57.4 cm³/mol. The molecule has 0 bridgehead atoms. The average molecular weight is 212 g/mol. The van der Waals surface area contributed by atoms with Crippen molar-refractivity contribution in [1.29, 1.82) is 0 Å². The van der Waals surface area contributed by atoms with Crippen LogP contribution in [0.2, 0.25) is 0 Å². The quantitative estimate of drug-likeness (QED) is 0.672. The third kappa shape index (κ3) is 3.65. The van der Waals surface area contributed by atoms with E-state index in [0.29, 0.717) is 36.9 Å². The van der Waals surface area contributed by atoms with Crippen LogP contribution in [0, 0.1) is 11.8 Å². The fourth-order valence-electron chi connectivity index (χ4n) is 2.38. The molecule has 1 aliphatic rings. The molecule has 15 heavy (non-hydrogen) atoms. The Morgan fingerprint density at radius 1 is 1.47 bits per heavy atom. The number of carbonyl (C=O) groups excluding carboxylic acids is 2. The van der Waals surface area contributed by atoms with E-state index in [1.165, 1.54) is 7.11 Å². The van der Waals surface area contributed by atoms with Crippen molar-refractivity contribution in [1.82, 2.24) is 0 Å². The van der Waals surface area contributed by atoms with Gasteiger partial charge in [-0.3, -0.25) is 9.59 Å². The molecule has 0 N–H and O–H groups in total. The SMILES string of the molecule is CCC(CC(=O)OC)C1CCC(=O)CC1. The Morgan fingerprint density at radius 3 is 2.53 bits per heavy atom. The Balaban J connectivity index is 2.44. The standard InChI is InChI=1S/C12H20O3/c1-3-9(8-12(14)15-2)10-4-6-11(13)7-5-10/h9-10H,3-8H2,1-2H3. The van der Waals surface area contributed by atoms with Gasteiger partial charge in [-0.15, -0.1) is 0 Å². The highest BCUT2D eigenvalue weighted by atomic mass is 16.5. The van der Waals surface area contributed by atoms with E-state index in [4.69, 9.17) is 0 Å². The van der Waals surface area contributed by atoms with E-state index >= 15 is 0 Å². The second kappa shape index (κ2) is 5.89. The van der Waals surface area contributed by atoms with Gasteiger partial charge >= 0.3 is 5.97 Å². The molecule has 0 saturated heterocycles. The summed E-state index contributed by atoms with van der Waals surface area (Å²) in [5.41, 5.74) is 0. The number of ketones is 1. The Kier molecular flexibility index (Phi) is 4.79. The van der Waals surface area contributed by atoms with Crippen LogP contribution in [0.3, 0.4) is 0 Å². The monoisotopic (exact) mass is 212 g/mol. The van der Waals surface area contributed by atoms with Crippen molar-refractivity contribution in [3.8, 4) is 0 Å². The molecule has 1 aliphatic carbocycles. The first-order valence-corrected chi connectivity index (χ1v) is 5.75. The van der Waals surface area contributed by atoms with Crippen LogP contribution < -0.4 is 0 Å². The predicted octanol–water partition coefficient (Wildman–Crippen LogP) is 2.33. The van der Waals surface area contributed by atoms with Gasteiger partial charge in [-0.1, -0.05) is 13.3 Å². The molecule has 1 rings (SSSR count). The zero-order valence-electron chi connectivity index (χ0n) is 9.62. The lowest BCUT2D eigenvalue weighted by Gasteiger charge is -2.28. The highest BCUT2D eigenvalue weighted by Crippen LogP contribution is 2.32. The highest BCUT2D eigenvalue weighted by Gasteiger charge is 2.27. The first kappa shape index (κ1) is 12.2. The molecule has 3 heteroatoms. The van der Waals surface area contributed by atoms with E-state index in [2.05, 4.69) is 11.7 Å². The Labute approximate surface area is 91.2 Å². The molecular formula is C12H20O3. The summed E-state index contributed by atoms with van der Waals surface area (Å²) in [7, 11) is 1.43. The van der Waals surface area contributed by atoms with Crippen molar-refractivity contribution < 1.29 is 14.3 Å². The zero-order valence-corrected chi connectivity index (χ0v) is 9.62. The third-order valence-electron chi connectivity index (χ3n) is 3.44. The van der Waals surface area contributed by atoms with Crippen molar-refractivity contribution in [2.24, 2.45) is 11.8 Å². The van der Waals surface area contributed by atoms with Gasteiger partial charge in [0.05, 0.1) is 7.11 Å². The summed E-state index contributed by atoms with van der Waals surface area (Å²) < 4.78 is 4.69. The van der Waals surface area contributed by atoms with Gasteiger partial charge in [0.25, 0.3) is 0 Å². The Hall–Kier alpha value is -0.860. The second-order valence-electron chi connectivity index (χ2n) is 4.32. The van der Waals surface area contributed by atoms with Gasteiger partial charge in [0.15, 0.2) is 0 Å². The number of methoxy groups -OCH3 is 1. The Morgan fingerprint density at radius 2 is 2.07 bits per heavy atom. The van der Waals surface area contributed by atoms with Gasteiger partial charge in [-0.05, 0) is 24.7 Å². The first-order chi connectivity index (χ1) is 7.17. The number of hydrogen-bond acceptors (Lipinski definition) is 3. The van der Waals surface area contributed by atoms with Crippen molar-refractivity contribution in [2.75, 3.05) is 7.11 Å². The van der Waals surface area contributed by atoms with E-state index in [1.807, 2.05) is 0 Å². The van der Waals surface area contributed by atoms with Gasteiger partial charge in [0, 0.05) is 19.3 Å². The van der Waals surface area contributed by atoms with Crippen molar-refractivity contribution >= 4 is 11.8 Å². The maximum atomic E-state index is 11.2. The minimum Gasteiger partial charge on any atom is -0.469 e. The fraction of sp³-hybridized carbons (Fsp3) is 0.833. The largest absolute Gasteiger partial charge is 0.469 e. The minimum absolute atomic E-state index is 0.126. The summed E-state index contributed by atoms with van der Waals surface area (Å²) in [6, 6.07) is 0. The van der Waals surface area contributed by atoms with E-state index < -0.39 is 0 Å². The number of ether oxygens (including phenoxy) is 1. The summed E-state index contributed by atoms with van der Waals surface area (Å²) in [6.07, 6.45) is 4.80. The summed E-state index contributed by atoms with van der Waals surface area (Å²) >= 11 is 0. The number of Topliss-reactive ketones (excluding diaryl/α,β-unsaturated/α-hetero) is 1. The molecule has 0 heterocycles. The van der Waals surface area contributed by atoms with Crippen molar-refractivity contribution in [3.05, 3.63) is 0 Å². The second-order valence-corrected chi connectivity index (χ2v) is 4.32. The van der Waals surface area contributed by atoms with Gasteiger partial charge in [0.2, 0.25) is 0 Å². The molecule has 0 aliphatic heterocycles. The number of carbonyl (C=O) groups is 2. The average Bonchev–Trinajstić information content (AvgIpc) is 2.27. The summed E-state index contributed by atoms with van der Waals surface area (Å²) in [6.45, 7) is 2.10. The van der Waals surface area contributed by atoms with Crippen LogP contribution in [0.1, 0.15) is 45.4 Å². The molecule has 3 nitrogen and oxygen atoms in total. The lowest BCUT2D eigenvalue weighted by Crippen LogP contribution is -2.23. The van der Waals surface area contributed by atoms with Crippen LogP contribution in [0.15, 0.2) is 0 Å². The molecule has 1 fully saturated rings. The third-order valence-corrected chi connectivity index (χ3v) is 3.44. The molecule has 0 aromatic heterocycles. The van der Waals surface area contributed by atoms with E-state index in [1.54, 1.807) is 0 Å². The van der Waals surface area contributed by atoms with Crippen LogP contribution in [0.25, 0.3) is 0 Å². The Bertz CT molecular complexity index is 225. The smallest absolute Gasteiger partial charge is 0.305 e. The van der Waals surface area contributed by atoms with Crippen LogP contribution >= 0.6 is 0 Å². The fourth-order valence-corrected chi connectivity index (χ4v) is 2.38. The topological polar surface area (TPSA) is 43.4 Å². The molecule has 0 spiro atoms. The molecule has 1 atom stereocenters. The van der Waals surface area contributed by atoms with E-state index in [-0.39, 0.29) is 5.97 Å². The maximum absolute atomic E-state index is 11.2. The zero-order chi connectivity index (χ0) is 11.3. The normalized spacial score (nSPS) is 20.0. The molecule has 0 aromatic carbocycles. The van der Waals surface area contributed by atoms with Crippen LogP contribution in [-0.2, 0) is 14.3 Å². The summed E-state index contributed by atoms with van der Waals surface area (Å²) in [5.74, 6) is 1.18. The van der Waals surface area contributed by atoms with Gasteiger partial charge in [-0.2, -0.15) is 0 Å². The van der Waals surface area contributed by atoms with Gasteiger partial charge in [-0.25, -0.2) is 0 Å². The van der Waals surface area contributed by atoms with Crippen LogP contribution in [-0.4, -0.2) is 18.9 Å². The van der Waals surface area contributed by atoms with E-state index in [9.17, 15) is 9.59 Å². The lowest BCUT2D eigenvalue weighted by atomic mass is 9.77. The first-order valence-electron chi connectivity index (χ1n) is 5.75. The van der Waals surface area contributed by atoms with E-state index in [0.717, 1.165) is 19.3 Å². The van der Waals surface area contributed by atoms with Crippen molar-refractivity contribution in [2.45, 2.75) is 45.4 Å². The molecular weight excluding hydrogens is 192 g/mol. The molecule has 0 aromatic rings. The number of rotatable bonds is 4. The number of hydrogen-bond donors (Lipinski definition) is 0. The molecule has 1 unspecified atom stereocenters. The molecule has 86 valence electrons. The number of esters is 1. The van der Waals surface area contributed by atoms with Gasteiger partial charge in [0.1, 0.15) is 5.78 Å². The summed E-state index contributed by atoms with van der Waals surface area (Å²) in [5, 5.41) is 0. The molecule has 0 amide bonds. The van der Waals surface area contributed by atoms with Gasteiger partial charge < -0.3 is 4.74 Å².